The van der Waals surface area contributed by atoms with Crippen molar-refractivity contribution in [3.8, 4) is 16.9 Å². The molecule has 0 saturated carbocycles. The molecule has 0 amide bonds. The van der Waals surface area contributed by atoms with E-state index in [1.807, 2.05) is 24.3 Å². The largest absolute Gasteiger partial charge is 0.497 e. The molecule has 0 atom stereocenters. The summed E-state index contributed by atoms with van der Waals surface area (Å²) in [6.45, 7) is 2.87. The third-order valence-corrected chi connectivity index (χ3v) is 5.89. The quantitative estimate of drug-likeness (QED) is 0.329. The van der Waals surface area contributed by atoms with E-state index >= 15 is 0 Å². The lowest BCUT2D eigenvalue weighted by Gasteiger charge is -2.10. The van der Waals surface area contributed by atoms with Crippen LogP contribution in [0.2, 0.25) is 0 Å². The Morgan fingerprint density at radius 2 is 1.77 bits per heavy atom. The summed E-state index contributed by atoms with van der Waals surface area (Å²) in [6, 6.07) is 22.1. The minimum atomic E-state index is -0.342. The third-order valence-electron chi connectivity index (χ3n) is 5.36. The zero-order valence-electron chi connectivity index (χ0n) is 17.1. The number of benzene rings is 3. The molecule has 4 aromatic rings. The molecule has 0 N–H and O–H groups in total. The Morgan fingerprint density at radius 3 is 2.47 bits per heavy atom. The Morgan fingerprint density at radius 1 is 1.00 bits per heavy atom. The summed E-state index contributed by atoms with van der Waals surface area (Å²) in [4.78, 5) is 12.1. The van der Waals surface area contributed by atoms with Gasteiger partial charge in [-0.15, -0.1) is 0 Å². The first-order valence-corrected chi connectivity index (χ1v) is 10.4. The predicted molar refractivity (Wildman–Crippen MR) is 123 cm³/mol. The minimum absolute atomic E-state index is 0.342. The number of hydrogen-bond acceptors (Lipinski definition) is 3. The van der Waals surface area contributed by atoms with Crippen molar-refractivity contribution in [2.24, 2.45) is 0 Å². The smallest absolute Gasteiger partial charge is 0.337 e. The molecule has 0 aliphatic rings. The van der Waals surface area contributed by atoms with Gasteiger partial charge >= 0.3 is 5.97 Å². The van der Waals surface area contributed by atoms with Crippen LogP contribution in [0.4, 0.5) is 0 Å². The Kier molecular flexibility index (Phi) is 5.64. The number of nitrogens with zero attached hydrogens (tertiary/aromatic N) is 1. The first-order chi connectivity index (χ1) is 14.5. The van der Waals surface area contributed by atoms with Gasteiger partial charge in [-0.1, -0.05) is 40.2 Å². The van der Waals surface area contributed by atoms with Gasteiger partial charge in [0.25, 0.3) is 0 Å². The highest BCUT2D eigenvalue weighted by Gasteiger charge is 2.18. The predicted octanol–water partition coefficient (Wildman–Crippen LogP) is 6.22. The topological polar surface area (TPSA) is 40.5 Å². The lowest BCUT2D eigenvalue weighted by atomic mass is 10.00. The van der Waals surface area contributed by atoms with Crippen molar-refractivity contribution in [3.63, 3.8) is 0 Å². The van der Waals surface area contributed by atoms with E-state index in [2.05, 4.69) is 63.8 Å². The molecule has 0 spiro atoms. The number of halogens is 1. The molecule has 4 rings (SSSR count). The van der Waals surface area contributed by atoms with Crippen molar-refractivity contribution in [1.29, 1.82) is 0 Å². The molecule has 1 aromatic heterocycles. The van der Waals surface area contributed by atoms with E-state index in [9.17, 15) is 4.79 Å². The normalized spacial score (nSPS) is 10.9. The molecule has 30 heavy (non-hydrogen) atoms. The van der Waals surface area contributed by atoms with Crippen LogP contribution in [0.1, 0.15) is 21.6 Å². The molecular weight excluding hydrogens is 442 g/mol. The van der Waals surface area contributed by atoms with Gasteiger partial charge in [-0.05, 0) is 60.5 Å². The lowest BCUT2D eigenvalue weighted by molar-refractivity contribution is 0.0601. The summed E-state index contributed by atoms with van der Waals surface area (Å²) in [5, 5.41) is 1.09. The van der Waals surface area contributed by atoms with Gasteiger partial charge in [-0.3, -0.25) is 0 Å². The Hall–Kier alpha value is -3.05. The monoisotopic (exact) mass is 463 g/mol. The molecule has 0 saturated heterocycles. The molecule has 3 aromatic carbocycles. The number of hydrogen-bond donors (Lipinski definition) is 0. The summed E-state index contributed by atoms with van der Waals surface area (Å²) in [5.74, 6) is 0.458. The van der Waals surface area contributed by atoms with Crippen LogP contribution >= 0.6 is 15.9 Å². The van der Waals surface area contributed by atoms with E-state index in [1.165, 1.54) is 12.7 Å². The summed E-state index contributed by atoms with van der Waals surface area (Å²) >= 11 is 3.50. The molecule has 0 fully saturated rings. The van der Waals surface area contributed by atoms with Crippen molar-refractivity contribution in [2.75, 3.05) is 14.2 Å². The summed E-state index contributed by atoms with van der Waals surface area (Å²) in [5.41, 5.74) is 6.06. The van der Waals surface area contributed by atoms with Gasteiger partial charge < -0.3 is 14.0 Å². The Balaban J connectivity index is 1.92. The second-order valence-electron chi connectivity index (χ2n) is 7.13. The van der Waals surface area contributed by atoms with Crippen molar-refractivity contribution in [3.05, 3.63) is 88.0 Å². The van der Waals surface area contributed by atoms with Crippen molar-refractivity contribution in [2.45, 2.75) is 13.5 Å². The maximum absolute atomic E-state index is 12.1. The number of rotatable bonds is 5. The van der Waals surface area contributed by atoms with Crippen LogP contribution in [0.3, 0.4) is 0 Å². The molecular formula is C25H22BrNO3. The van der Waals surface area contributed by atoms with E-state index in [-0.39, 0.29) is 5.97 Å². The fourth-order valence-electron chi connectivity index (χ4n) is 3.85. The van der Waals surface area contributed by atoms with Crippen molar-refractivity contribution < 1.29 is 14.3 Å². The van der Waals surface area contributed by atoms with E-state index in [0.717, 1.165) is 44.5 Å². The molecule has 4 nitrogen and oxygen atoms in total. The number of ether oxygens (including phenoxy) is 2. The highest BCUT2D eigenvalue weighted by Crippen LogP contribution is 2.37. The third kappa shape index (κ3) is 3.73. The van der Waals surface area contributed by atoms with Gasteiger partial charge in [0.05, 0.1) is 19.8 Å². The standard InChI is InChI=1S/C25H22BrNO3/c1-16-24(18-5-4-6-19(13-18)25(28)30-3)22-14-21(29-2)11-12-23(22)27(16)15-17-7-9-20(26)10-8-17/h4-14H,15H2,1-3H3. The molecule has 152 valence electrons. The molecule has 5 heteroatoms. The van der Waals surface area contributed by atoms with E-state index < -0.39 is 0 Å². The molecule has 0 radical (unpaired) electrons. The molecule has 1 heterocycles. The molecule has 0 aliphatic heterocycles. The summed E-state index contributed by atoms with van der Waals surface area (Å²) < 4.78 is 13.8. The van der Waals surface area contributed by atoms with E-state index in [4.69, 9.17) is 9.47 Å². The summed E-state index contributed by atoms with van der Waals surface area (Å²) in [7, 11) is 3.07. The van der Waals surface area contributed by atoms with Crippen LogP contribution in [0.5, 0.6) is 5.75 Å². The second kappa shape index (κ2) is 8.36. The van der Waals surface area contributed by atoms with E-state index in [0.29, 0.717) is 5.56 Å². The number of aromatic nitrogens is 1. The van der Waals surface area contributed by atoms with Gasteiger partial charge in [-0.2, -0.15) is 0 Å². The van der Waals surface area contributed by atoms with Gasteiger partial charge in [0.1, 0.15) is 5.75 Å². The molecule has 0 bridgehead atoms. The fourth-order valence-corrected chi connectivity index (χ4v) is 4.11. The Labute approximate surface area is 184 Å². The van der Waals surface area contributed by atoms with Crippen LogP contribution in [0.25, 0.3) is 22.0 Å². The molecule has 0 aliphatic carbocycles. The van der Waals surface area contributed by atoms with Crippen LogP contribution in [0, 0.1) is 6.92 Å². The van der Waals surface area contributed by atoms with Crippen LogP contribution in [0.15, 0.2) is 71.2 Å². The van der Waals surface area contributed by atoms with Gasteiger partial charge in [0.2, 0.25) is 0 Å². The van der Waals surface area contributed by atoms with E-state index in [1.54, 1.807) is 13.2 Å². The van der Waals surface area contributed by atoms with Gasteiger partial charge in [-0.25, -0.2) is 4.79 Å². The average molecular weight is 464 g/mol. The van der Waals surface area contributed by atoms with Crippen molar-refractivity contribution in [1.82, 2.24) is 4.57 Å². The highest BCUT2D eigenvalue weighted by atomic mass is 79.9. The average Bonchev–Trinajstić information content (AvgIpc) is 3.05. The van der Waals surface area contributed by atoms with Crippen molar-refractivity contribution >= 4 is 32.8 Å². The van der Waals surface area contributed by atoms with Gasteiger partial charge in [0, 0.05) is 33.2 Å². The number of carbonyl (C=O) groups is 1. The van der Waals surface area contributed by atoms with Crippen LogP contribution < -0.4 is 4.74 Å². The maximum atomic E-state index is 12.1. The highest BCUT2D eigenvalue weighted by molar-refractivity contribution is 9.10. The molecule has 0 unspecified atom stereocenters. The fraction of sp³-hybridized carbons (Fsp3) is 0.160. The lowest BCUT2D eigenvalue weighted by Crippen LogP contribution is -2.02. The number of carbonyl (C=O) groups excluding carboxylic acids is 1. The first-order valence-electron chi connectivity index (χ1n) is 9.62. The van der Waals surface area contributed by atoms with Gasteiger partial charge in [0.15, 0.2) is 0 Å². The first kappa shape index (κ1) is 20.2. The number of fused-ring (bicyclic) bond motifs is 1. The Bertz CT molecular complexity index is 1230. The van der Waals surface area contributed by atoms with Crippen LogP contribution in [-0.2, 0) is 11.3 Å². The van der Waals surface area contributed by atoms with Crippen LogP contribution in [-0.4, -0.2) is 24.8 Å². The SMILES string of the molecule is COC(=O)c1cccc(-c2c(C)n(Cc3ccc(Br)cc3)c3ccc(OC)cc23)c1. The zero-order valence-corrected chi connectivity index (χ0v) is 18.7. The number of methoxy groups -OCH3 is 2. The minimum Gasteiger partial charge on any atom is -0.497 e. The number of esters is 1. The second-order valence-corrected chi connectivity index (χ2v) is 8.04. The maximum Gasteiger partial charge on any atom is 0.337 e. The zero-order chi connectivity index (χ0) is 21.3. The summed E-state index contributed by atoms with van der Waals surface area (Å²) in [6.07, 6.45) is 0.